The first-order chi connectivity index (χ1) is 10.7. The molecule has 0 radical (unpaired) electrons. The van der Waals surface area contributed by atoms with Gasteiger partial charge in [-0.15, -0.1) is 0 Å². The first-order valence-corrected chi connectivity index (χ1v) is 12.5. The molecular weight excluding hydrogens is 411 g/mol. The highest BCUT2D eigenvalue weighted by Gasteiger charge is 2.36. The second-order valence-electron chi connectivity index (χ2n) is 7.54. The van der Waals surface area contributed by atoms with E-state index in [9.17, 15) is 0 Å². The van der Waals surface area contributed by atoms with Crippen molar-refractivity contribution < 1.29 is 4.43 Å². The van der Waals surface area contributed by atoms with Gasteiger partial charge in [-0.05, 0) is 40.4 Å². The standard InChI is InChI=1S/C20H27IOSi/c1-20(2,3)23(4,5)22-15-16-10-12-17(13-11-16)19-9-7-6-8-18(19)14-21/h6-13H,14-15H2,1-5H3. The largest absolute Gasteiger partial charge is 0.413 e. The molecule has 0 aliphatic carbocycles. The zero-order valence-electron chi connectivity index (χ0n) is 14.8. The highest BCUT2D eigenvalue weighted by Crippen LogP contribution is 2.37. The maximum atomic E-state index is 6.31. The van der Waals surface area contributed by atoms with Gasteiger partial charge >= 0.3 is 0 Å². The van der Waals surface area contributed by atoms with E-state index >= 15 is 0 Å². The monoisotopic (exact) mass is 438 g/mol. The molecule has 0 N–H and O–H groups in total. The fourth-order valence-electron chi connectivity index (χ4n) is 2.18. The molecule has 0 unspecified atom stereocenters. The van der Waals surface area contributed by atoms with Crippen molar-refractivity contribution in [1.29, 1.82) is 0 Å². The lowest BCUT2D eigenvalue weighted by molar-refractivity contribution is 0.276. The van der Waals surface area contributed by atoms with Crippen LogP contribution in [0, 0.1) is 0 Å². The molecule has 2 rings (SSSR count). The molecule has 0 saturated carbocycles. The van der Waals surface area contributed by atoms with Crippen molar-refractivity contribution in [2.45, 2.75) is 49.9 Å². The van der Waals surface area contributed by atoms with E-state index in [2.05, 4.69) is 105 Å². The Bertz CT molecular complexity index is 641. The Morgan fingerprint density at radius 2 is 1.57 bits per heavy atom. The van der Waals surface area contributed by atoms with E-state index in [-0.39, 0.29) is 5.04 Å². The van der Waals surface area contributed by atoms with E-state index < -0.39 is 8.32 Å². The van der Waals surface area contributed by atoms with Gasteiger partial charge in [0.1, 0.15) is 0 Å². The van der Waals surface area contributed by atoms with Crippen molar-refractivity contribution >= 4 is 30.9 Å². The third-order valence-electron chi connectivity index (χ3n) is 4.83. The van der Waals surface area contributed by atoms with Crippen LogP contribution < -0.4 is 0 Å². The Hall–Kier alpha value is -0.653. The first kappa shape index (κ1) is 18.7. The summed E-state index contributed by atoms with van der Waals surface area (Å²) in [7, 11) is -1.68. The summed E-state index contributed by atoms with van der Waals surface area (Å²) < 4.78 is 7.34. The van der Waals surface area contributed by atoms with E-state index in [1.54, 1.807) is 0 Å². The normalized spacial score (nSPS) is 12.4. The van der Waals surface area contributed by atoms with Gasteiger partial charge in [0.25, 0.3) is 0 Å². The molecule has 0 spiro atoms. The van der Waals surface area contributed by atoms with Crippen molar-refractivity contribution in [3.63, 3.8) is 0 Å². The van der Waals surface area contributed by atoms with Gasteiger partial charge in [-0.25, -0.2) is 0 Å². The van der Waals surface area contributed by atoms with Crippen LogP contribution in [-0.2, 0) is 15.5 Å². The third kappa shape index (κ3) is 4.67. The van der Waals surface area contributed by atoms with Crippen LogP contribution in [0.1, 0.15) is 31.9 Å². The maximum absolute atomic E-state index is 6.31. The lowest BCUT2D eigenvalue weighted by atomic mass is 10.00. The van der Waals surface area contributed by atoms with Gasteiger partial charge in [-0.1, -0.05) is 91.9 Å². The highest BCUT2D eigenvalue weighted by molar-refractivity contribution is 14.1. The Labute approximate surface area is 155 Å². The van der Waals surface area contributed by atoms with E-state index in [1.165, 1.54) is 22.3 Å². The minimum atomic E-state index is -1.68. The molecule has 0 amide bonds. The Morgan fingerprint density at radius 1 is 0.957 bits per heavy atom. The zero-order chi connectivity index (χ0) is 17.1. The number of rotatable bonds is 5. The van der Waals surface area contributed by atoms with Gasteiger partial charge in [-0.3, -0.25) is 0 Å². The molecule has 0 saturated heterocycles. The van der Waals surface area contributed by atoms with Gasteiger partial charge in [0.2, 0.25) is 0 Å². The van der Waals surface area contributed by atoms with Crippen LogP contribution >= 0.6 is 22.6 Å². The average molecular weight is 438 g/mol. The van der Waals surface area contributed by atoms with Crippen LogP contribution in [0.4, 0.5) is 0 Å². The van der Waals surface area contributed by atoms with Gasteiger partial charge in [0, 0.05) is 4.43 Å². The van der Waals surface area contributed by atoms with Crippen LogP contribution in [0.15, 0.2) is 48.5 Å². The smallest absolute Gasteiger partial charge is 0.192 e. The molecule has 0 aromatic heterocycles. The summed E-state index contributed by atoms with van der Waals surface area (Å²) in [5, 5.41) is 0.256. The lowest BCUT2D eigenvalue weighted by Gasteiger charge is -2.36. The molecule has 0 aliphatic heterocycles. The Balaban J connectivity index is 2.11. The summed E-state index contributed by atoms with van der Waals surface area (Å²) in [4.78, 5) is 0. The van der Waals surface area contributed by atoms with Crippen LogP contribution in [0.3, 0.4) is 0 Å². The molecule has 0 atom stereocenters. The van der Waals surface area contributed by atoms with Crippen LogP contribution in [-0.4, -0.2) is 8.32 Å². The number of hydrogen-bond acceptors (Lipinski definition) is 1. The Morgan fingerprint density at radius 3 is 2.13 bits per heavy atom. The van der Waals surface area contributed by atoms with Crippen LogP contribution in [0.25, 0.3) is 11.1 Å². The molecule has 2 aromatic rings. The summed E-state index contributed by atoms with van der Waals surface area (Å²) >= 11 is 2.43. The van der Waals surface area contributed by atoms with E-state index in [0.717, 1.165) is 4.43 Å². The molecular formula is C20H27IOSi. The summed E-state index contributed by atoms with van der Waals surface area (Å²) in [5.74, 6) is 0. The number of alkyl halides is 1. The second-order valence-corrected chi connectivity index (χ2v) is 13.1. The van der Waals surface area contributed by atoms with E-state index in [1.807, 2.05) is 0 Å². The highest BCUT2D eigenvalue weighted by atomic mass is 127. The van der Waals surface area contributed by atoms with Crippen molar-refractivity contribution in [2.75, 3.05) is 0 Å². The van der Waals surface area contributed by atoms with Gasteiger partial charge < -0.3 is 4.43 Å². The van der Waals surface area contributed by atoms with Crippen LogP contribution in [0.5, 0.6) is 0 Å². The van der Waals surface area contributed by atoms with Crippen molar-refractivity contribution in [3.05, 3.63) is 59.7 Å². The fraction of sp³-hybridized carbons (Fsp3) is 0.400. The van der Waals surface area contributed by atoms with E-state index in [0.29, 0.717) is 6.61 Å². The molecule has 0 aliphatic rings. The summed E-state index contributed by atoms with van der Waals surface area (Å²) in [6, 6.07) is 17.5. The minimum absolute atomic E-state index is 0.256. The summed E-state index contributed by atoms with van der Waals surface area (Å²) in [5.41, 5.74) is 5.26. The molecule has 1 nitrogen and oxygen atoms in total. The third-order valence-corrected chi connectivity index (χ3v) is 10.1. The predicted molar refractivity (Wildman–Crippen MR) is 112 cm³/mol. The van der Waals surface area contributed by atoms with Crippen molar-refractivity contribution in [2.24, 2.45) is 0 Å². The van der Waals surface area contributed by atoms with Gasteiger partial charge in [-0.2, -0.15) is 0 Å². The first-order valence-electron chi connectivity index (χ1n) is 8.12. The maximum Gasteiger partial charge on any atom is 0.192 e. The molecule has 0 heterocycles. The van der Waals surface area contributed by atoms with Crippen molar-refractivity contribution in [1.82, 2.24) is 0 Å². The average Bonchev–Trinajstić information content (AvgIpc) is 2.52. The lowest BCUT2D eigenvalue weighted by Crippen LogP contribution is -2.40. The second kappa shape index (κ2) is 7.49. The SMILES string of the molecule is CC(C)(C)[Si](C)(C)OCc1ccc(-c2ccccc2CI)cc1. The topological polar surface area (TPSA) is 9.23 Å². The van der Waals surface area contributed by atoms with Crippen LogP contribution in [0.2, 0.25) is 18.1 Å². The number of benzene rings is 2. The zero-order valence-corrected chi connectivity index (χ0v) is 18.0. The molecule has 124 valence electrons. The molecule has 23 heavy (non-hydrogen) atoms. The Kier molecular flexibility index (Phi) is 6.08. The molecule has 0 bridgehead atoms. The quantitative estimate of drug-likeness (QED) is 0.283. The summed E-state index contributed by atoms with van der Waals surface area (Å²) in [6.07, 6.45) is 0. The molecule has 0 fully saturated rings. The number of hydrogen-bond donors (Lipinski definition) is 0. The predicted octanol–water partition coefficient (Wildman–Crippen LogP) is 6.81. The molecule has 3 heteroatoms. The summed E-state index contributed by atoms with van der Waals surface area (Å²) in [6.45, 7) is 12.2. The molecule has 2 aromatic carbocycles. The fourth-order valence-corrected chi connectivity index (χ4v) is 3.80. The van der Waals surface area contributed by atoms with Gasteiger partial charge in [0.15, 0.2) is 8.32 Å². The minimum Gasteiger partial charge on any atom is -0.413 e. The van der Waals surface area contributed by atoms with Crippen molar-refractivity contribution in [3.8, 4) is 11.1 Å². The number of halogens is 1. The van der Waals surface area contributed by atoms with E-state index in [4.69, 9.17) is 4.43 Å². The van der Waals surface area contributed by atoms with Gasteiger partial charge in [0.05, 0.1) is 6.61 Å².